The summed E-state index contributed by atoms with van der Waals surface area (Å²) in [6, 6.07) is 16.2. The molecule has 0 fully saturated rings. The molecule has 0 bridgehead atoms. The highest BCUT2D eigenvalue weighted by Crippen LogP contribution is 2.32. The van der Waals surface area contributed by atoms with E-state index >= 15 is 0 Å². The number of hydrogen-bond donors (Lipinski definition) is 2. The highest BCUT2D eigenvalue weighted by Gasteiger charge is 2.38. The van der Waals surface area contributed by atoms with Gasteiger partial charge in [0.25, 0.3) is 5.91 Å². The molecule has 0 aliphatic carbocycles. The Kier molecular flexibility index (Phi) is 4.24. The van der Waals surface area contributed by atoms with Crippen molar-refractivity contribution in [2.75, 3.05) is 0 Å². The summed E-state index contributed by atoms with van der Waals surface area (Å²) >= 11 is 0. The third kappa shape index (κ3) is 2.99. The van der Waals surface area contributed by atoms with Gasteiger partial charge in [-0.2, -0.15) is 5.10 Å². The van der Waals surface area contributed by atoms with Gasteiger partial charge in [0.1, 0.15) is 0 Å². The number of fused-ring (bicyclic) bond motifs is 1. The lowest BCUT2D eigenvalue weighted by Crippen LogP contribution is -2.50. The fraction of sp³-hybridized carbons (Fsp3) is 0.190. The summed E-state index contributed by atoms with van der Waals surface area (Å²) < 4.78 is 0. The molecule has 4 rings (SSSR count). The van der Waals surface area contributed by atoms with Crippen LogP contribution in [0.3, 0.4) is 0 Å². The molecule has 1 aromatic heterocycles. The maximum absolute atomic E-state index is 13.1. The molecule has 1 aliphatic heterocycles. The summed E-state index contributed by atoms with van der Waals surface area (Å²) in [5, 5.41) is 9.61. The van der Waals surface area contributed by atoms with Crippen molar-refractivity contribution in [1.29, 1.82) is 0 Å². The molecule has 0 saturated heterocycles. The van der Waals surface area contributed by atoms with Gasteiger partial charge in [0, 0.05) is 34.1 Å². The van der Waals surface area contributed by atoms with Crippen molar-refractivity contribution in [3.8, 4) is 0 Å². The number of carbonyl (C=O) groups is 2. The Labute approximate surface area is 156 Å². The molecule has 6 heteroatoms. The van der Waals surface area contributed by atoms with Crippen molar-refractivity contribution < 1.29 is 9.59 Å². The second kappa shape index (κ2) is 6.72. The van der Waals surface area contributed by atoms with E-state index in [4.69, 9.17) is 0 Å². The predicted molar refractivity (Wildman–Crippen MR) is 104 cm³/mol. The second-order valence-electron chi connectivity index (χ2n) is 6.83. The molecule has 0 unspecified atom stereocenters. The van der Waals surface area contributed by atoms with E-state index < -0.39 is 6.04 Å². The second-order valence-corrected chi connectivity index (χ2v) is 6.83. The molecule has 6 nitrogen and oxygen atoms in total. The van der Waals surface area contributed by atoms with Crippen LogP contribution in [-0.4, -0.2) is 27.6 Å². The van der Waals surface area contributed by atoms with Gasteiger partial charge in [-0.3, -0.25) is 9.59 Å². The van der Waals surface area contributed by atoms with Gasteiger partial charge >= 0.3 is 0 Å². The van der Waals surface area contributed by atoms with Crippen LogP contribution < -0.4 is 5.32 Å². The number of para-hydroxylation sites is 1. The molecule has 1 aliphatic rings. The number of aromatic nitrogens is 1. The predicted octanol–water partition coefficient (Wildman–Crippen LogP) is 3.19. The van der Waals surface area contributed by atoms with E-state index in [-0.39, 0.29) is 17.7 Å². The number of hydrogen-bond acceptors (Lipinski definition) is 3. The molecule has 2 aromatic carbocycles. The van der Waals surface area contributed by atoms with Crippen LogP contribution in [0, 0.1) is 5.92 Å². The number of carbonyl (C=O) groups excluding carboxylic acids is 2. The van der Waals surface area contributed by atoms with Crippen molar-refractivity contribution >= 4 is 28.6 Å². The smallest absolute Gasteiger partial charge is 0.255 e. The summed E-state index contributed by atoms with van der Waals surface area (Å²) in [6.07, 6.45) is 1.78. The van der Waals surface area contributed by atoms with E-state index in [2.05, 4.69) is 15.4 Å². The Morgan fingerprint density at radius 1 is 1.07 bits per heavy atom. The standard InChI is InChI=1S/C21H20N4O2/c1-13(2)21(27)25-18(16-12-22-17-11-7-6-10-15(16)17)20(26)23-19(24-25)14-8-4-3-5-9-14/h3-13,18,22H,1-2H3,(H,23,24,26)/t18-/m1/s1. The number of amides is 2. The molecule has 1 atom stereocenters. The number of nitrogens with zero attached hydrogens (tertiary/aromatic N) is 2. The van der Waals surface area contributed by atoms with Gasteiger partial charge in [-0.1, -0.05) is 62.4 Å². The first-order valence-corrected chi connectivity index (χ1v) is 8.90. The molecule has 2 amide bonds. The molecule has 0 spiro atoms. The fourth-order valence-electron chi connectivity index (χ4n) is 3.25. The van der Waals surface area contributed by atoms with Crippen LogP contribution in [0.4, 0.5) is 0 Å². The maximum Gasteiger partial charge on any atom is 0.255 e. The van der Waals surface area contributed by atoms with Gasteiger partial charge in [0.05, 0.1) is 0 Å². The van der Waals surface area contributed by atoms with Crippen molar-refractivity contribution in [2.24, 2.45) is 11.0 Å². The Balaban J connectivity index is 1.84. The van der Waals surface area contributed by atoms with E-state index in [1.54, 1.807) is 20.0 Å². The molecular weight excluding hydrogens is 340 g/mol. The van der Waals surface area contributed by atoms with E-state index in [0.717, 1.165) is 22.0 Å². The molecule has 27 heavy (non-hydrogen) atoms. The van der Waals surface area contributed by atoms with E-state index in [1.165, 1.54) is 5.01 Å². The lowest BCUT2D eigenvalue weighted by molar-refractivity contribution is -0.143. The third-order valence-electron chi connectivity index (χ3n) is 4.63. The summed E-state index contributed by atoms with van der Waals surface area (Å²) in [5.41, 5.74) is 2.40. The first-order valence-electron chi connectivity index (χ1n) is 8.90. The third-order valence-corrected chi connectivity index (χ3v) is 4.63. The summed E-state index contributed by atoms with van der Waals surface area (Å²) in [4.78, 5) is 29.1. The average Bonchev–Trinajstić information content (AvgIpc) is 3.11. The normalized spacial score (nSPS) is 17.1. The minimum absolute atomic E-state index is 0.200. The number of nitrogens with one attached hydrogen (secondary N) is 2. The Morgan fingerprint density at radius 3 is 2.52 bits per heavy atom. The highest BCUT2D eigenvalue weighted by atomic mass is 16.2. The first-order chi connectivity index (χ1) is 13.1. The minimum atomic E-state index is -0.816. The van der Waals surface area contributed by atoms with Crippen molar-refractivity contribution in [3.05, 3.63) is 71.9 Å². The van der Waals surface area contributed by atoms with Gasteiger partial charge in [0.15, 0.2) is 11.9 Å². The number of benzene rings is 2. The van der Waals surface area contributed by atoms with Gasteiger partial charge in [-0.25, -0.2) is 5.01 Å². The molecular formula is C21H20N4O2. The quantitative estimate of drug-likeness (QED) is 0.752. The van der Waals surface area contributed by atoms with Crippen LogP contribution >= 0.6 is 0 Å². The van der Waals surface area contributed by atoms with Crippen LogP contribution in [0.1, 0.15) is 31.0 Å². The van der Waals surface area contributed by atoms with E-state index in [0.29, 0.717) is 5.84 Å². The number of amidine groups is 1. The van der Waals surface area contributed by atoms with Crippen molar-refractivity contribution in [1.82, 2.24) is 15.3 Å². The molecule has 3 aromatic rings. The van der Waals surface area contributed by atoms with Crippen LogP contribution in [0.25, 0.3) is 10.9 Å². The lowest BCUT2D eigenvalue weighted by atomic mass is 10.0. The Morgan fingerprint density at radius 2 is 1.78 bits per heavy atom. The van der Waals surface area contributed by atoms with Crippen LogP contribution in [-0.2, 0) is 9.59 Å². The van der Waals surface area contributed by atoms with Gasteiger partial charge in [0.2, 0.25) is 5.91 Å². The summed E-state index contributed by atoms with van der Waals surface area (Å²) in [5.74, 6) is -0.383. The Hall–Kier alpha value is -3.41. The lowest BCUT2D eigenvalue weighted by Gasteiger charge is -2.32. The fourth-order valence-corrected chi connectivity index (χ4v) is 3.25. The topological polar surface area (TPSA) is 77.6 Å². The van der Waals surface area contributed by atoms with Crippen molar-refractivity contribution in [2.45, 2.75) is 19.9 Å². The highest BCUT2D eigenvalue weighted by molar-refractivity contribution is 6.12. The van der Waals surface area contributed by atoms with Gasteiger partial charge in [-0.05, 0) is 6.07 Å². The minimum Gasteiger partial charge on any atom is -0.361 e. The summed E-state index contributed by atoms with van der Waals surface area (Å²) in [6.45, 7) is 3.61. The van der Waals surface area contributed by atoms with E-state index in [1.807, 2.05) is 54.6 Å². The molecule has 0 saturated carbocycles. The first kappa shape index (κ1) is 17.0. The molecule has 0 radical (unpaired) electrons. The van der Waals surface area contributed by atoms with Crippen LogP contribution in [0.5, 0.6) is 0 Å². The monoisotopic (exact) mass is 360 g/mol. The number of hydrazone groups is 1. The van der Waals surface area contributed by atoms with Crippen molar-refractivity contribution in [3.63, 3.8) is 0 Å². The number of rotatable bonds is 3. The zero-order chi connectivity index (χ0) is 19.0. The number of H-pyrrole nitrogens is 1. The maximum atomic E-state index is 13.1. The van der Waals surface area contributed by atoms with Gasteiger partial charge < -0.3 is 10.3 Å². The van der Waals surface area contributed by atoms with E-state index in [9.17, 15) is 9.59 Å². The van der Waals surface area contributed by atoms with Gasteiger partial charge in [-0.15, -0.1) is 0 Å². The Bertz CT molecular complexity index is 1040. The molecule has 2 heterocycles. The SMILES string of the molecule is CC(C)C(=O)N1N=C(c2ccccc2)NC(=O)[C@H]1c1c[nH]c2ccccc12. The number of aromatic amines is 1. The molecule has 2 N–H and O–H groups in total. The summed E-state index contributed by atoms with van der Waals surface area (Å²) in [7, 11) is 0. The van der Waals surface area contributed by atoms with Crippen LogP contribution in [0.15, 0.2) is 65.9 Å². The molecule has 136 valence electrons. The average molecular weight is 360 g/mol. The zero-order valence-electron chi connectivity index (χ0n) is 15.1. The van der Waals surface area contributed by atoms with Crippen LogP contribution in [0.2, 0.25) is 0 Å². The zero-order valence-corrected chi connectivity index (χ0v) is 15.1. The largest absolute Gasteiger partial charge is 0.361 e.